The number of piperidine rings is 1. The molecule has 1 aromatic carbocycles. The number of hydrogen-bond acceptors (Lipinski definition) is 2. The number of halogens is 1. The molecule has 0 aliphatic carbocycles. The van der Waals surface area contributed by atoms with Gasteiger partial charge in [0.15, 0.2) is 0 Å². The van der Waals surface area contributed by atoms with Crippen LogP contribution in [0.15, 0.2) is 18.2 Å². The molecule has 0 saturated carbocycles. The zero-order valence-electron chi connectivity index (χ0n) is 10.9. The summed E-state index contributed by atoms with van der Waals surface area (Å²) in [6.45, 7) is 1.79. The molecule has 1 N–H and O–H groups in total. The summed E-state index contributed by atoms with van der Waals surface area (Å²) in [5.41, 5.74) is 1.36. The molecule has 2 rings (SSSR count). The maximum Gasteiger partial charge on any atom is 0.308 e. The van der Waals surface area contributed by atoms with Crippen LogP contribution in [0.5, 0.6) is 0 Å². The minimum Gasteiger partial charge on any atom is -0.481 e. The highest BCUT2D eigenvalue weighted by molar-refractivity contribution is 5.81. The van der Waals surface area contributed by atoms with Crippen molar-refractivity contribution in [2.24, 2.45) is 5.92 Å². The first kappa shape index (κ1) is 13.5. The van der Waals surface area contributed by atoms with E-state index in [1.54, 1.807) is 20.0 Å². The van der Waals surface area contributed by atoms with Crippen molar-refractivity contribution in [2.45, 2.75) is 25.8 Å². The molecule has 1 aromatic rings. The van der Waals surface area contributed by atoms with E-state index >= 15 is 0 Å². The molecule has 0 bridgehead atoms. The molecule has 1 heterocycles. The largest absolute Gasteiger partial charge is 0.481 e. The summed E-state index contributed by atoms with van der Waals surface area (Å²) in [5, 5.41) is 9.30. The van der Waals surface area contributed by atoms with Gasteiger partial charge in [-0.25, -0.2) is 4.39 Å². The second-order valence-corrected chi connectivity index (χ2v) is 4.93. The van der Waals surface area contributed by atoms with Crippen LogP contribution in [0, 0.1) is 18.7 Å². The zero-order valence-corrected chi connectivity index (χ0v) is 10.9. The molecule has 1 fully saturated rings. The van der Waals surface area contributed by atoms with Gasteiger partial charge in [-0.2, -0.15) is 0 Å². The van der Waals surface area contributed by atoms with Crippen LogP contribution in [0.3, 0.4) is 0 Å². The van der Waals surface area contributed by atoms with E-state index in [-0.39, 0.29) is 12.3 Å². The monoisotopic (exact) mass is 265 g/mol. The second-order valence-electron chi connectivity index (χ2n) is 4.93. The number of carboxylic acids is 1. The maximum absolute atomic E-state index is 13.4. The summed E-state index contributed by atoms with van der Waals surface area (Å²) < 4.78 is 13.4. The average molecular weight is 265 g/mol. The van der Waals surface area contributed by atoms with Crippen LogP contribution in [-0.2, 0) is 9.59 Å². The second kappa shape index (κ2) is 4.99. The molecule has 1 aliphatic rings. The number of amides is 1. The molecule has 2 unspecified atom stereocenters. The van der Waals surface area contributed by atoms with Crippen molar-refractivity contribution in [1.29, 1.82) is 0 Å². The molecular weight excluding hydrogens is 249 g/mol. The fraction of sp³-hybridized carbons (Fsp3) is 0.429. The van der Waals surface area contributed by atoms with Crippen molar-refractivity contribution in [3.05, 3.63) is 35.1 Å². The van der Waals surface area contributed by atoms with E-state index in [4.69, 9.17) is 0 Å². The summed E-state index contributed by atoms with van der Waals surface area (Å²) in [7, 11) is 1.58. The number of hydrogen-bond donors (Lipinski definition) is 1. The predicted molar refractivity (Wildman–Crippen MR) is 67.0 cm³/mol. The van der Waals surface area contributed by atoms with Crippen LogP contribution in [0.1, 0.15) is 30.0 Å². The van der Waals surface area contributed by atoms with E-state index in [1.165, 1.54) is 17.0 Å². The van der Waals surface area contributed by atoms with Gasteiger partial charge in [0, 0.05) is 13.5 Å². The first-order chi connectivity index (χ1) is 8.91. The van der Waals surface area contributed by atoms with Crippen LogP contribution < -0.4 is 0 Å². The number of nitrogens with zero attached hydrogens (tertiary/aromatic N) is 1. The Kier molecular flexibility index (Phi) is 3.55. The van der Waals surface area contributed by atoms with Gasteiger partial charge in [-0.3, -0.25) is 9.59 Å². The summed E-state index contributed by atoms with van der Waals surface area (Å²) in [4.78, 5) is 24.6. The third-order valence-electron chi connectivity index (χ3n) is 3.74. The lowest BCUT2D eigenvalue weighted by atomic mass is 9.83. The fourth-order valence-electron chi connectivity index (χ4n) is 2.65. The lowest BCUT2D eigenvalue weighted by molar-refractivity contribution is -0.150. The van der Waals surface area contributed by atoms with Crippen LogP contribution in [0.4, 0.5) is 4.39 Å². The highest BCUT2D eigenvalue weighted by atomic mass is 19.1. The Hall–Kier alpha value is -1.91. The van der Waals surface area contributed by atoms with Gasteiger partial charge in [0.25, 0.3) is 0 Å². The maximum atomic E-state index is 13.4. The molecule has 1 aliphatic heterocycles. The van der Waals surface area contributed by atoms with Crippen molar-refractivity contribution in [3.63, 3.8) is 0 Å². The summed E-state index contributed by atoms with van der Waals surface area (Å²) in [6, 6.07) is 3.66. The van der Waals surface area contributed by atoms with Crippen molar-refractivity contribution >= 4 is 11.9 Å². The Labute approximate surface area is 110 Å². The first-order valence-corrected chi connectivity index (χ1v) is 6.16. The Morgan fingerprint density at radius 3 is 2.79 bits per heavy atom. The number of aryl methyl sites for hydroxylation is 1. The average Bonchev–Trinajstić information content (AvgIpc) is 2.35. The third kappa shape index (κ3) is 2.45. The number of carboxylic acid groups (broad SMARTS) is 1. The van der Waals surface area contributed by atoms with Gasteiger partial charge < -0.3 is 10.0 Å². The molecule has 102 valence electrons. The highest BCUT2D eigenvalue weighted by Crippen LogP contribution is 2.37. The van der Waals surface area contributed by atoms with Crippen LogP contribution >= 0.6 is 0 Å². The van der Waals surface area contributed by atoms with Gasteiger partial charge in [-0.05, 0) is 36.6 Å². The van der Waals surface area contributed by atoms with E-state index in [2.05, 4.69) is 0 Å². The normalized spacial score (nSPS) is 23.5. The minimum atomic E-state index is -0.951. The SMILES string of the molecule is Cc1ccc(F)cc1C1C(C(=O)O)CCC(=O)N1C. The standard InChI is InChI=1S/C14H16FNO3/c1-8-3-4-9(15)7-11(8)13-10(14(18)19)5-6-12(17)16(13)2/h3-4,7,10,13H,5-6H2,1-2H3,(H,18,19). The third-order valence-corrected chi connectivity index (χ3v) is 3.74. The predicted octanol–water partition coefficient (Wildman–Crippen LogP) is 2.13. The topological polar surface area (TPSA) is 57.6 Å². The molecule has 4 nitrogen and oxygen atoms in total. The van der Waals surface area contributed by atoms with E-state index in [0.29, 0.717) is 12.0 Å². The van der Waals surface area contributed by atoms with Crippen LogP contribution in [-0.4, -0.2) is 28.9 Å². The molecule has 19 heavy (non-hydrogen) atoms. The van der Waals surface area contributed by atoms with Gasteiger partial charge in [0.1, 0.15) is 5.82 Å². The van der Waals surface area contributed by atoms with E-state index in [9.17, 15) is 19.1 Å². The fourth-order valence-corrected chi connectivity index (χ4v) is 2.65. The van der Waals surface area contributed by atoms with E-state index in [0.717, 1.165) is 5.56 Å². The number of rotatable bonds is 2. The molecular formula is C14H16FNO3. The van der Waals surface area contributed by atoms with Crippen molar-refractivity contribution < 1.29 is 19.1 Å². The van der Waals surface area contributed by atoms with Crippen LogP contribution in [0.2, 0.25) is 0 Å². The summed E-state index contributed by atoms with van der Waals surface area (Å²) >= 11 is 0. The van der Waals surface area contributed by atoms with Gasteiger partial charge in [0.05, 0.1) is 12.0 Å². The van der Waals surface area contributed by atoms with Gasteiger partial charge in [-0.1, -0.05) is 6.07 Å². The smallest absolute Gasteiger partial charge is 0.308 e. The van der Waals surface area contributed by atoms with Gasteiger partial charge in [0.2, 0.25) is 5.91 Å². The number of aliphatic carboxylic acids is 1. The number of carbonyl (C=O) groups is 2. The van der Waals surface area contributed by atoms with Crippen molar-refractivity contribution in [3.8, 4) is 0 Å². The first-order valence-electron chi connectivity index (χ1n) is 6.16. The van der Waals surface area contributed by atoms with Crippen molar-refractivity contribution in [1.82, 2.24) is 4.90 Å². The zero-order chi connectivity index (χ0) is 14.2. The Balaban J connectivity index is 2.49. The van der Waals surface area contributed by atoms with Crippen molar-refractivity contribution in [2.75, 3.05) is 7.05 Å². The lowest BCUT2D eigenvalue weighted by Gasteiger charge is -2.38. The molecule has 1 saturated heterocycles. The number of benzene rings is 1. The quantitative estimate of drug-likeness (QED) is 0.891. The molecule has 5 heteroatoms. The summed E-state index contributed by atoms with van der Waals surface area (Å²) in [6.07, 6.45) is 0.511. The lowest BCUT2D eigenvalue weighted by Crippen LogP contribution is -2.43. The molecule has 0 spiro atoms. The summed E-state index contributed by atoms with van der Waals surface area (Å²) in [5.74, 6) is -2.17. The van der Waals surface area contributed by atoms with E-state index < -0.39 is 23.7 Å². The van der Waals surface area contributed by atoms with E-state index in [1.807, 2.05) is 0 Å². The van der Waals surface area contributed by atoms with Crippen LogP contribution in [0.25, 0.3) is 0 Å². The molecule has 0 aromatic heterocycles. The molecule has 1 amide bonds. The minimum absolute atomic E-state index is 0.105. The Bertz CT molecular complexity index is 529. The number of likely N-dealkylation sites (tertiary alicyclic amines) is 1. The van der Waals surface area contributed by atoms with Gasteiger partial charge in [-0.15, -0.1) is 0 Å². The highest BCUT2D eigenvalue weighted by Gasteiger charge is 2.39. The Morgan fingerprint density at radius 1 is 1.47 bits per heavy atom. The van der Waals surface area contributed by atoms with Gasteiger partial charge >= 0.3 is 5.97 Å². The number of carbonyl (C=O) groups excluding carboxylic acids is 1. The molecule has 0 radical (unpaired) electrons. The molecule has 2 atom stereocenters. The Morgan fingerprint density at radius 2 is 2.16 bits per heavy atom.